The molecule has 8 nitrogen and oxygen atoms in total. The summed E-state index contributed by atoms with van der Waals surface area (Å²) in [4.78, 5) is 38.9. The third-order valence-corrected chi connectivity index (χ3v) is 6.33. The molecule has 1 aromatic carbocycles. The van der Waals surface area contributed by atoms with E-state index < -0.39 is 81.8 Å². The normalized spacial score (nSPS) is 21.9. The van der Waals surface area contributed by atoms with Crippen LogP contribution < -0.4 is 10.7 Å². The van der Waals surface area contributed by atoms with Crippen LogP contribution in [0.15, 0.2) is 23.1 Å². The van der Waals surface area contributed by atoms with Crippen LogP contribution in [0.3, 0.4) is 0 Å². The van der Waals surface area contributed by atoms with Crippen LogP contribution in [0, 0.1) is 17.5 Å². The quantitative estimate of drug-likeness (QED) is 0.643. The first-order chi connectivity index (χ1) is 16.0. The number of hydrogen-bond donors (Lipinski definition) is 2. The average molecular weight is 487 g/mol. The summed E-state index contributed by atoms with van der Waals surface area (Å²) in [7, 11) is 1.13. The second-order valence-electron chi connectivity index (χ2n) is 8.00. The highest BCUT2D eigenvalue weighted by Gasteiger charge is 2.58. The number of carbonyl (C=O) groups excluding carboxylic acids is 2. The van der Waals surface area contributed by atoms with Crippen molar-refractivity contribution in [2.75, 3.05) is 20.3 Å². The molecule has 1 fully saturated rings. The third-order valence-electron chi connectivity index (χ3n) is 6.33. The van der Waals surface area contributed by atoms with Gasteiger partial charge in [0.25, 0.3) is 18.2 Å². The number of likely N-dealkylation sites (N-methyl/N-ethyl adjacent to an activating group) is 1. The maximum atomic E-state index is 14.3. The van der Waals surface area contributed by atoms with Gasteiger partial charge in [0.2, 0.25) is 5.43 Å². The van der Waals surface area contributed by atoms with Gasteiger partial charge in [0, 0.05) is 50.5 Å². The topological polar surface area (TPSA) is 101 Å². The molecule has 2 aliphatic heterocycles. The van der Waals surface area contributed by atoms with Crippen molar-refractivity contribution < 1.29 is 41.4 Å². The fourth-order valence-electron chi connectivity index (χ4n) is 4.45. The van der Waals surface area contributed by atoms with Crippen LogP contribution in [-0.4, -0.2) is 58.6 Å². The maximum Gasteiger partial charge on any atom is 0.274 e. The highest BCUT2D eigenvalue weighted by Crippen LogP contribution is 2.45. The molecule has 0 radical (unpaired) electrons. The molecule has 13 heteroatoms. The minimum absolute atomic E-state index is 0.0673. The summed E-state index contributed by atoms with van der Waals surface area (Å²) in [6, 6.07) is -0.442. The van der Waals surface area contributed by atoms with Crippen LogP contribution in [0.5, 0.6) is 5.75 Å². The van der Waals surface area contributed by atoms with E-state index in [9.17, 15) is 41.4 Å². The van der Waals surface area contributed by atoms with Crippen LogP contribution >= 0.6 is 0 Å². The minimum atomic E-state index is -3.02. The van der Waals surface area contributed by atoms with Gasteiger partial charge < -0.3 is 24.6 Å². The van der Waals surface area contributed by atoms with Crippen molar-refractivity contribution in [2.24, 2.45) is 0 Å². The Kier molecular flexibility index (Phi) is 5.84. The Morgan fingerprint density at radius 3 is 2.53 bits per heavy atom. The largest absolute Gasteiger partial charge is 0.503 e. The van der Waals surface area contributed by atoms with Crippen molar-refractivity contribution in [3.05, 3.63) is 62.8 Å². The first kappa shape index (κ1) is 23.7. The van der Waals surface area contributed by atoms with Gasteiger partial charge in [-0.15, -0.1) is 0 Å². The number of aromatic hydroxyl groups is 1. The SMILES string of the molecule is CN1C(=O)c2c(O)c(=O)c(C(=O)NCc3c(F)cc(F)cc3F)cn2C2COCC[C@]21C(F)F. The molecule has 2 aliphatic rings. The second-order valence-corrected chi connectivity index (χ2v) is 8.00. The summed E-state index contributed by atoms with van der Waals surface area (Å²) >= 11 is 0. The molecule has 1 saturated heterocycles. The van der Waals surface area contributed by atoms with Crippen molar-refractivity contribution in [2.45, 2.75) is 31.0 Å². The smallest absolute Gasteiger partial charge is 0.274 e. The molecule has 0 bridgehead atoms. The number of rotatable bonds is 4. The Hall–Kier alpha value is -3.48. The first-order valence-corrected chi connectivity index (χ1v) is 10.0. The van der Waals surface area contributed by atoms with Gasteiger partial charge in [0.1, 0.15) is 28.6 Å². The molecule has 3 heterocycles. The Morgan fingerprint density at radius 2 is 1.91 bits per heavy atom. The number of ether oxygens (including phenoxy) is 1. The number of aromatic nitrogens is 1. The van der Waals surface area contributed by atoms with Gasteiger partial charge >= 0.3 is 0 Å². The van der Waals surface area contributed by atoms with Gasteiger partial charge in [-0.1, -0.05) is 0 Å². The number of benzene rings is 1. The molecule has 0 spiro atoms. The van der Waals surface area contributed by atoms with Crippen LogP contribution in [0.2, 0.25) is 0 Å². The Labute approximate surface area is 188 Å². The Bertz CT molecular complexity index is 1230. The first-order valence-electron chi connectivity index (χ1n) is 10.0. The summed E-state index contributed by atoms with van der Waals surface area (Å²) in [5.74, 6) is -7.12. The van der Waals surface area contributed by atoms with E-state index >= 15 is 0 Å². The maximum absolute atomic E-state index is 14.3. The van der Waals surface area contributed by atoms with E-state index in [-0.39, 0.29) is 19.6 Å². The molecule has 0 aliphatic carbocycles. The molecular weight excluding hydrogens is 469 g/mol. The van der Waals surface area contributed by atoms with Gasteiger partial charge in [-0.05, 0) is 0 Å². The van der Waals surface area contributed by atoms with E-state index in [1.54, 1.807) is 0 Å². The lowest BCUT2D eigenvalue weighted by atomic mass is 9.81. The van der Waals surface area contributed by atoms with Crippen LogP contribution in [0.4, 0.5) is 22.0 Å². The molecule has 0 saturated carbocycles. The number of pyridine rings is 1. The zero-order valence-corrected chi connectivity index (χ0v) is 17.6. The minimum Gasteiger partial charge on any atom is -0.503 e. The third kappa shape index (κ3) is 3.42. The van der Waals surface area contributed by atoms with E-state index in [2.05, 4.69) is 5.32 Å². The monoisotopic (exact) mass is 487 g/mol. The van der Waals surface area contributed by atoms with Gasteiger partial charge in [-0.25, -0.2) is 22.0 Å². The second kappa shape index (κ2) is 8.38. The molecule has 2 amide bonds. The summed E-state index contributed by atoms with van der Waals surface area (Å²) in [6.45, 7) is -1.15. The molecule has 1 unspecified atom stereocenters. The summed E-state index contributed by atoms with van der Waals surface area (Å²) in [5, 5.41) is 12.5. The predicted molar refractivity (Wildman–Crippen MR) is 105 cm³/mol. The molecule has 4 rings (SSSR count). The van der Waals surface area contributed by atoms with E-state index in [1.165, 1.54) is 0 Å². The summed E-state index contributed by atoms with van der Waals surface area (Å²) in [6.07, 6.45) is -2.42. The van der Waals surface area contributed by atoms with Crippen molar-refractivity contribution in [3.63, 3.8) is 0 Å². The number of nitrogens with one attached hydrogen (secondary N) is 1. The molecule has 2 N–H and O–H groups in total. The number of carbonyl (C=O) groups is 2. The van der Waals surface area contributed by atoms with E-state index in [4.69, 9.17) is 4.74 Å². The van der Waals surface area contributed by atoms with Gasteiger partial charge in [-0.2, -0.15) is 0 Å². The number of fused-ring (bicyclic) bond motifs is 3. The lowest BCUT2D eigenvalue weighted by molar-refractivity contribution is -0.129. The van der Waals surface area contributed by atoms with E-state index in [1.807, 2.05) is 0 Å². The van der Waals surface area contributed by atoms with Gasteiger partial charge in [0.15, 0.2) is 11.4 Å². The highest BCUT2D eigenvalue weighted by molar-refractivity contribution is 5.99. The molecule has 2 atom stereocenters. The summed E-state index contributed by atoms with van der Waals surface area (Å²) in [5.41, 5.74) is -5.34. The number of hydrogen-bond acceptors (Lipinski definition) is 5. The van der Waals surface area contributed by atoms with Crippen molar-refractivity contribution >= 4 is 11.8 Å². The fraction of sp³-hybridized carbons (Fsp3) is 0.381. The Morgan fingerprint density at radius 1 is 1.26 bits per heavy atom. The van der Waals surface area contributed by atoms with E-state index in [0.29, 0.717) is 12.1 Å². The predicted octanol–water partition coefficient (Wildman–Crippen LogP) is 1.95. The van der Waals surface area contributed by atoms with E-state index in [0.717, 1.165) is 22.7 Å². The van der Waals surface area contributed by atoms with Crippen LogP contribution in [-0.2, 0) is 11.3 Å². The van der Waals surface area contributed by atoms with Crippen molar-refractivity contribution in [3.8, 4) is 5.75 Å². The zero-order valence-electron chi connectivity index (χ0n) is 17.6. The lowest BCUT2D eigenvalue weighted by Crippen LogP contribution is -2.66. The molecular formula is C21H18F5N3O5. The summed E-state index contributed by atoms with van der Waals surface area (Å²) < 4.78 is 75.5. The number of halogens is 5. The van der Waals surface area contributed by atoms with Crippen molar-refractivity contribution in [1.29, 1.82) is 0 Å². The molecule has 182 valence electrons. The molecule has 1 aromatic heterocycles. The number of amides is 2. The molecule has 34 heavy (non-hydrogen) atoms. The van der Waals surface area contributed by atoms with Gasteiger partial charge in [-0.3, -0.25) is 14.4 Å². The van der Waals surface area contributed by atoms with Crippen molar-refractivity contribution in [1.82, 2.24) is 14.8 Å². The lowest BCUT2D eigenvalue weighted by Gasteiger charge is -2.53. The Balaban J connectivity index is 1.76. The average Bonchev–Trinajstić information content (AvgIpc) is 2.78. The van der Waals surface area contributed by atoms with Crippen LogP contribution in [0.1, 0.15) is 38.9 Å². The number of alkyl halides is 2. The van der Waals surface area contributed by atoms with Crippen LogP contribution in [0.25, 0.3) is 0 Å². The standard InChI is InChI=1S/C21H18F5N3O5/c1-28-19(33)15-17(31)16(30)11(7-29(15)14-8-34-3-2-21(14,28)20(25)26)18(32)27-6-10-12(23)4-9(22)5-13(10)24/h4-5,7,14,20,31H,2-3,6,8H2,1H3,(H,27,32)/t14?,21-/m1/s1. The van der Waals surface area contributed by atoms with Gasteiger partial charge in [0.05, 0.1) is 12.6 Å². The molecule has 2 aromatic rings. The highest BCUT2D eigenvalue weighted by atomic mass is 19.3. The number of nitrogens with zero attached hydrogens (tertiary/aromatic N) is 2. The fourth-order valence-corrected chi connectivity index (χ4v) is 4.45. The zero-order chi connectivity index (χ0) is 24.9.